The Kier molecular flexibility index (Phi) is 2.85. The molecule has 1 fully saturated rings. The summed E-state index contributed by atoms with van der Waals surface area (Å²) in [5.41, 5.74) is 4.12. The van der Waals surface area contributed by atoms with Crippen LogP contribution in [0.1, 0.15) is 22.7 Å². The fourth-order valence-corrected chi connectivity index (χ4v) is 2.10. The zero-order valence-electron chi connectivity index (χ0n) is 8.93. The smallest absolute Gasteiger partial charge is 0.0447 e. The molecule has 1 aliphatic heterocycles. The van der Waals surface area contributed by atoms with E-state index in [1.807, 2.05) is 0 Å². The van der Waals surface area contributed by atoms with Crippen molar-refractivity contribution in [3.8, 4) is 0 Å². The van der Waals surface area contributed by atoms with Crippen LogP contribution < -0.4 is 10.6 Å². The summed E-state index contributed by atoms with van der Waals surface area (Å²) in [5, 5.41) is 6.94. The quantitative estimate of drug-likeness (QED) is 0.702. The van der Waals surface area contributed by atoms with Crippen LogP contribution in [0.5, 0.6) is 0 Å². The molecule has 1 aliphatic rings. The third-order valence-corrected chi connectivity index (χ3v) is 2.69. The largest absolute Gasteiger partial charge is 0.314 e. The van der Waals surface area contributed by atoms with Gasteiger partial charge in [0, 0.05) is 25.7 Å². The van der Waals surface area contributed by atoms with Gasteiger partial charge in [0.05, 0.1) is 0 Å². The highest BCUT2D eigenvalue weighted by Gasteiger charge is 2.14. The Morgan fingerprint density at radius 2 is 1.79 bits per heavy atom. The summed E-state index contributed by atoms with van der Waals surface area (Å²) in [6.07, 6.45) is 0. The lowest BCUT2D eigenvalue weighted by Gasteiger charge is -2.25. The molecule has 1 saturated heterocycles. The molecule has 0 aromatic heterocycles. The van der Waals surface area contributed by atoms with Gasteiger partial charge >= 0.3 is 0 Å². The molecule has 1 aromatic rings. The van der Waals surface area contributed by atoms with Crippen molar-refractivity contribution in [2.24, 2.45) is 0 Å². The van der Waals surface area contributed by atoms with Crippen LogP contribution >= 0.6 is 0 Å². The van der Waals surface area contributed by atoms with Crippen LogP contribution in [-0.2, 0) is 0 Å². The molecule has 0 radical (unpaired) electrons. The molecule has 1 atom stereocenters. The van der Waals surface area contributed by atoms with Crippen LogP contribution in [-0.4, -0.2) is 19.6 Å². The van der Waals surface area contributed by atoms with Crippen LogP contribution in [0.2, 0.25) is 0 Å². The maximum atomic E-state index is 3.53. The summed E-state index contributed by atoms with van der Waals surface area (Å²) in [6.45, 7) is 7.52. The average Bonchev–Trinajstić information content (AvgIpc) is 2.18. The van der Waals surface area contributed by atoms with Crippen LogP contribution in [0.4, 0.5) is 0 Å². The van der Waals surface area contributed by atoms with E-state index in [2.05, 4.69) is 42.7 Å². The number of hydrogen-bond donors (Lipinski definition) is 2. The molecule has 0 spiro atoms. The molecular formula is C12H18N2. The molecule has 1 aromatic carbocycles. The van der Waals surface area contributed by atoms with Crippen molar-refractivity contribution in [3.05, 3.63) is 34.9 Å². The molecule has 0 bridgehead atoms. The van der Waals surface area contributed by atoms with Crippen molar-refractivity contribution >= 4 is 0 Å². The maximum Gasteiger partial charge on any atom is 0.0447 e. The summed E-state index contributed by atoms with van der Waals surface area (Å²) >= 11 is 0. The Balaban J connectivity index is 2.21. The number of rotatable bonds is 1. The van der Waals surface area contributed by atoms with Crippen molar-refractivity contribution in [3.63, 3.8) is 0 Å². The molecular weight excluding hydrogens is 172 g/mol. The second-order valence-electron chi connectivity index (χ2n) is 4.13. The Bertz CT molecular complexity index is 294. The Morgan fingerprint density at radius 3 is 2.36 bits per heavy atom. The lowest BCUT2D eigenvalue weighted by atomic mass is 10.0. The Morgan fingerprint density at radius 1 is 1.07 bits per heavy atom. The molecule has 2 heteroatoms. The van der Waals surface area contributed by atoms with Crippen molar-refractivity contribution < 1.29 is 0 Å². The first-order chi connectivity index (χ1) is 6.75. The highest BCUT2D eigenvalue weighted by atomic mass is 15.1. The summed E-state index contributed by atoms with van der Waals surface area (Å²) in [4.78, 5) is 0. The summed E-state index contributed by atoms with van der Waals surface area (Å²) in [5.74, 6) is 0. The van der Waals surface area contributed by atoms with Gasteiger partial charge in [-0.15, -0.1) is 0 Å². The van der Waals surface area contributed by atoms with E-state index in [1.165, 1.54) is 16.7 Å². The van der Waals surface area contributed by atoms with E-state index < -0.39 is 0 Å². The van der Waals surface area contributed by atoms with E-state index in [9.17, 15) is 0 Å². The molecule has 76 valence electrons. The van der Waals surface area contributed by atoms with Crippen molar-refractivity contribution in [1.29, 1.82) is 0 Å². The minimum atomic E-state index is 0.488. The fraction of sp³-hybridized carbons (Fsp3) is 0.500. The van der Waals surface area contributed by atoms with E-state index in [-0.39, 0.29) is 0 Å². The Hall–Kier alpha value is -0.860. The van der Waals surface area contributed by atoms with Crippen LogP contribution in [0.15, 0.2) is 18.2 Å². The predicted octanol–water partition coefficient (Wildman–Crippen LogP) is 1.54. The minimum absolute atomic E-state index is 0.488. The van der Waals surface area contributed by atoms with E-state index in [0.29, 0.717) is 6.04 Å². The lowest BCUT2D eigenvalue weighted by molar-refractivity contribution is 0.430. The highest BCUT2D eigenvalue weighted by Crippen LogP contribution is 2.17. The van der Waals surface area contributed by atoms with Crippen molar-refractivity contribution in [2.75, 3.05) is 19.6 Å². The van der Waals surface area contributed by atoms with Gasteiger partial charge in [-0.3, -0.25) is 0 Å². The molecule has 2 N–H and O–H groups in total. The van der Waals surface area contributed by atoms with E-state index in [1.54, 1.807) is 0 Å². The van der Waals surface area contributed by atoms with E-state index >= 15 is 0 Å². The van der Waals surface area contributed by atoms with Gasteiger partial charge in [-0.25, -0.2) is 0 Å². The van der Waals surface area contributed by atoms with Crippen LogP contribution in [0.25, 0.3) is 0 Å². The first-order valence-electron chi connectivity index (χ1n) is 5.28. The minimum Gasteiger partial charge on any atom is -0.314 e. The molecule has 2 rings (SSSR count). The number of hydrogen-bond acceptors (Lipinski definition) is 2. The van der Waals surface area contributed by atoms with Gasteiger partial charge in [0.2, 0.25) is 0 Å². The lowest BCUT2D eigenvalue weighted by Crippen LogP contribution is -2.42. The molecule has 2 nitrogen and oxygen atoms in total. The Labute approximate surface area is 85.7 Å². The van der Waals surface area contributed by atoms with Gasteiger partial charge in [0.25, 0.3) is 0 Å². The predicted molar refractivity (Wildman–Crippen MR) is 59.5 cm³/mol. The molecule has 1 heterocycles. The van der Waals surface area contributed by atoms with Gasteiger partial charge in [0.15, 0.2) is 0 Å². The normalized spacial score (nSPS) is 22.3. The average molecular weight is 190 g/mol. The second-order valence-corrected chi connectivity index (χ2v) is 4.13. The zero-order chi connectivity index (χ0) is 9.97. The standard InChI is InChI=1S/C12H18N2/c1-9-5-10(2)7-11(6-9)12-8-13-3-4-14-12/h5-7,12-14H,3-4,8H2,1-2H3/t12-/m0/s1. The second kappa shape index (κ2) is 4.11. The summed E-state index contributed by atoms with van der Waals surface area (Å²) < 4.78 is 0. The third-order valence-electron chi connectivity index (χ3n) is 2.69. The molecule has 0 saturated carbocycles. The highest BCUT2D eigenvalue weighted by molar-refractivity contribution is 5.31. The van der Waals surface area contributed by atoms with E-state index in [4.69, 9.17) is 0 Å². The van der Waals surface area contributed by atoms with Gasteiger partial charge in [-0.05, 0) is 19.4 Å². The third kappa shape index (κ3) is 2.14. The molecule has 14 heavy (non-hydrogen) atoms. The van der Waals surface area contributed by atoms with Gasteiger partial charge in [-0.1, -0.05) is 29.3 Å². The number of benzene rings is 1. The monoisotopic (exact) mass is 190 g/mol. The molecule has 0 aliphatic carbocycles. The summed E-state index contributed by atoms with van der Waals surface area (Å²) in [7, 11) is 0. The summed E-state index contributed by atoms with van der Waals surface area (Å²) in [6, 6.07) is 7.26. The first-order valence-corrected chi connectivity index (χ1v) is 5.28. The van der Waals surface area contributed by atoms with Crippen LogP contribution in [0, 0.1) is 13.8 Å². The topological polar surface area (TPSA) is 24.1 Å². The van der Waals surface area contributed by atoms with Crippen molar-refractivity contribution in [2.45, 2.75) is 19.9 Å². The van der Waals surface area contributed by atoms with E-state index in [0.717, 1.165) is 19.6 Å². The number of nitrogens with one attached hydrogen (secondary N) is 2. The fourth-order valence-electron chi connectivity index (χ4n) is 2.10. The number of piperazine rings is 1. The van der Waals surface area contributed by atoms with Gasteiger partial charge < -0.3 is 10.6 Å². The molecule has 0 amide bonds. The first kappa shape index (κ1) is 9.69. The van der Waals surface area contributed by atoms with Crippen molar-refractivity contribution in [1.82, 2.24) is 10.6 Å². The van der Waals surface area contributed by atoms with Gasteiger partial charge in [-0.2, -0.15) is 0 Å². The SMILES string of the molecule is Cc1cc(C)cc([C@@H]2CNCCN2)c1. The maximum absolute atomic E-state index is 3.53. The zero-order valence-corrected chi connectivity index (χ0v) is 8.93. The van der Waals surface area contributed by atoms with Crippen LogP contribution in [0.3, 0.4) is 0 Å². The van der Waals surface area contributed by atoms with Gasteiger partial charge in [0.1, 0.15) is 0 Å². The molecule has 0 unspecified atom stereocenters. The number of aryl methyl sites for hydroxylation is 2.